The van der Waals surface area contributed by atoms with Crippen LogP contribution in [0.4, 0.5) is 4.79 Å². The van der Waals surface area contributed by atoms with Gasteiger partial charge in [0, 0.05) is 51.7 Å². The number of benzene rings is 2. The lowest BCUT2D eigenvalue weighted by Crippen LogP contribution is -2.59. The van der Waals surface area contributed by atoms with Gasteiger partial charge in [0.1, 0.15) is 0 Å². The van der Waals surface area contributed by atoms with Crippen LogP contribution in [0.1, 0.15) is 45.6 Å². The molecule has 2 aromatic rings. The summed E-state index contributed by atoms with van der Waals surface area (Å²) < 4.78 is 0. The molecule has 2 aromatic carbocycles. The molecule has 2 aliphatic rings. The molecule has 4 rings (SSSR count). The van der Waals surface area contributed by atoms with Crippen LogP contribution in [0.2, 0.25) is 10.0 Å². The summed E-state index contributed by atoms with van der Waals surface area (Å²) >= 11 is 12.3. The molecule has 8 heteroatoms. The van der Waals surface area contributed by atoms with Crippen LogP contribution in [0.3, 0.4) is 0 Å². The topological polar surface area (TPSA) is 69.9 Å². The van der Waals surface area contributed by atoms with Crippen LogP contribution >= 0.6 is 23.2 Å². The number of nitrogens with zero attached hydrogens (tertiary/aromatic N) is 3. The van der Waals surface area contributed by atoms with Gasteiger partial charge < -0.3 is 15.5 Å². The molecule has 1 atom stereocenters. The minimum absolute atomic E-state index is 0.0264. The number of hydrogen-bond donors (Lipinski definition) is 1. The van der Waals surface area contributed by atoms with Crippen LogP contribution in [-0.4, -0.2) is 65.4 Å². The normalized spacial score (nSPS) is 19.8. The fourth-order valence-electron chi connectivity index (χ4n) is 5.48. The molecule has 0 saturated carbocycles. The smallest absolute Gasteiger partial charge is 0.314 e. The van der Waals surface area contributed by atoms with Crippen molar-refractivity contribution in [1.29, 1.82) is 0 Å². The second-order valence-corrected chi connectivity index (χ2v) is 12.3. The average Bonchev–Trinajstić information content (AvgIpc) is 2.86. The van der Waals surface area contributed by atoms with E-state index in [1.165, 1.54) is 5.56 Å². The molecule has 0 unspecified atom stereocenters. The predicted molar refractivity (Wildman–Crippen MR) is 151 cm³/mol. The van der Waals surface area contributed by atoms with E-state index >= 15 is 0 Å². The summed E-state index contributed by atoms with van der Waals surface area (Å²) in [5.74, 6) is 0.555. The highest BCUT2D eigenvalue weighted by Gasteiger charge is 2.38. The van der Waals surface area contributed by atoms with Crippen LogP contribution in [0.15, 0.2) is 42.5 Å². The summed E-state index contributed by atoms with van der Waals surface area (Å²) in [6.07, 6.45) is 2.23. The van der Waals surface area contributed by atoms with E-state index in [0.29, 0.717) is 35.5 Å². The first-order valence-electron chi connectivity index (χ1n) is 13.1. The van der Waals surface area contributed by atoms with Gasteiger partial charge in [-0.1, -0.05) is 74.3 Å². The van der Waals surface area contributed by atoms with Crippen LogP contribution < -0.4 is 5.73 Å². The number of primary amides is 1. The molecule has 0 aromatic heterocycles. The van der Waals surface area contributed by atoms with Gasteiger partial charge in [-0.25, -0.2) is 4.79 Å². The number of piperazine rings is 1. The van der Waals surface area contributed by atoms with E-state index in [1.54, 1.807) is 4.90 Å². The molecule has 0 aliphatic carbocycles. The quantitative estimate of drug-likeness (QED) is 0.509. The average molecular weight is 546 g/mol. The maximum Gasteiger partial charge on any atom is 0.314 e. The Morgan fingerprint density at radius 3 is 2.16 bits per heavy atom. The van der Waals surface area contributed by atoms with Gasteiger partial charge in [0.15, 0.2) is 0 Å². The van der Waals surface area contributed by atoms with E-state index in [-0.39, 0.29) is 23.4 Å². The number of rotatable bonds is 5. The van der Waals surface area contributed by atoms with Crippen molar-refractivity contribution >= 4 is 35.1 Å². The van der Waals surface area contributed by atoms with Gasteiger partial charge in [0.05, 0.1) is 10.0 Å². The Bertz CT molecular complexity index is 1110. The molecule has 200 valence electrons. The van der Waals surface area contributed by atoms with Crippen molar-refractivity contribution in [3.63, 3.8) is 0 Å². The van der Waals surface area contributed by atoms with E-state index in [0.717, 1.165) is 50.1 Å². The molecule has 0 radical (unpaired) electrons. The molecule has 2 fully saturated rings. The molecule has 2 N–H and O–H groups in total. The fourth-order valence-corrected chi connectivity index (χ4v) is 5.78. The number of urea groups is 1. The Kier molecular flexibility index (Phi) is 8.72. The highest BCUT2D eigenvalue weighted by Crippen LogP contribution is 2.32. The summed E-state index contributed by atoms with van der Waals surface area (Å²) in [5, 5.41) is 1.11. The van der Waals surface area contributed by atoms with Crippen LogP contribution in [-0.2, 0) is 11.3 Å². The summed E-state index contributed by atoms with van der Waals surface area (Å²) in [5.41, 5.74) is 8.77. The van der Waals surface area contributed by atoms with Crippen LogP contribution in [0, 0.1) is 11.3 Å². The monoisotopic (exact) mass is 544 g/mol. The van der Waals surface area contributed by atoms with Crippen molar-refractivity contribution in [2.24, 2.45) is 17.1 Å². The number of carbonyl (C=O) groups excluding carboxylic acids is 2. The number of likely N-dealkylation sites (tertiary alicyclic amines) is 1. The lowest BCUT2D eigenvalue weighted by molar-refractivity contribution is -0.141. The third-order valence-corrected chi connectivity index (χ3v) is 8.53. The van der Waals surface area contributed by atoms with Gasteiger partial charge in [-0.2, -0.15) is 0 Å². The number of halogens is 2. The molecule has 2 heterocycles. The minimum Gasteiger partial charge on any atom is -0.351 e. The zero-order valence-electron chi connectivity index (χ0n) is 22.1. The minimum atomic E-state index is -0.363. The Hall–Kier alpha value is -2.28. The first-order chi connectivity index (χ1) is 17.5. The summed E-state index contributed by atoms with van der Waals surface area (Å²) in [6.45, 7) is 11.2. The molecule has 2 aliphatic heterocycles. The van der Waals surface area contributed by atoms with Gasteiger partial charge in [0.2, 0.25) is 5.91 Å². The molecule has 2 saturated heterocycles. The highest BCUT2D eigenvalue weighted by molar-refractivity contribution is 6.42. The van der Waals surface area contributed by atoms with E-state index < -0.39 is 0 Å². The molecule has 0 spiro atoms. The van der Waals surface area contributed by atoms with Crippen molar-refractivity contribution in [2.75, 3.05) is 32.7 Å². The SMILES string of the molecule is CC(C)(C)[C@H]1CN(Cc2ccc(-c3ccc(Cl)c(Cl)c3)cc2)CCN1C(=O)CC1CCN(C(N)=O)CC1. The standard InChI is InChI=1S/C29H38Cl2N4O2/c1-29(2,3)26-19-33(14-15-35(26)27(36)16-20-10-12-34(13-11-20)28(32)37)18-21-4-6-22(7-5-21)23-8-9-24(30)25(31)17-23/h4-9,17,20,26H,10-16,18-19H2,1-3H3,(H2,32,37)/t26-/m1/s1. The van der Waals surface area contributed by atoms with Gasteiger partial charge >= 0.3 is 6.03 Å². The maximum atomic E-state index is 13.4. The molecule has 0 bridgehead atoms. The second-order valence-electron chi connectivity index (χ2n) is 11.5. The first-order valence-corrected chi connectivity index (χ1v) is 13.9. The molecular weight excluding hydrogens is 507 g/mol. The van der Waals surface area contributed by atoms with E-state index in [1.807, 2.05) is 18.2 Å². The number of hydrogen-bond acceptors (Lipinski definition) is 3. The third-order valence-electron chi connectivity index (χ3n) is 7.79. The number of amides is 3. The molecule has 3 amide bonds. The Balaban J connectivity index is 1.36. The van der Waals surface area contributed by atoms with Crippen molar-refractivity contribution in [2.45, 2.75) is 52.6 Å². The van der Waals surface area contributed by atoms with Crippen LogP contribution in [0.5, 0.6) is 0 Å². The molecule has 37 heavy (non-hydrogen) atoms. The lowest BCUT2D eigenvalue weighted by atomic mass is 9.83. The number of nitrogens with two attached hydrogens (primary N) is 1. The Morgan fingerprint density at radius 1 is 0.919 bits per heavy atom. The zero-order valence-corrected chi connectivity index (χ0v) is 23.6. The summed E-state index contributed by atoms with van der Waals surface area (Å²) in [4.78, 5) is 31.1. The van der Waals surface area contributed by atoms with Crippen molar-refractivity contribution < 1.29 is 9.59 Å². The predicted octanol–water partition coefficient (Wildman–Crippen LogP) is 5.90. The van der Waals surface area contributed by atoms with Crippen molar-refractivity contribution in [1.82, 2.24) is 14.7 Å². The molecular formula is C29H38Cl2N4O2. The zero-order chi connectivity index (χ0) is 26.7. The fraction of sp³-hybridized carbons (Fsp3) is 0.517. The number of piperidine rings is 1. The molecule has 6 nitrogen and oxygen atoms in total. The number of carbonyl (C=O) groups is 2. The largest absolute Gasteiger partial charge is 0.351 e. The maximum absolute atomic E-state index is 13.4. The van der Waals surface area contributed by atoms with Gasteiger partial charge in [-0.3, -0.25) is 9.69 Å². The van der Waals surface area contributed by atoms with E-state index in [9.17, 15) is 9.59 Å². The van der Waals surface area contributed by atoms with Gasteiger partial charge in [-0.05, 0) is 53.0 Å². The van der Waals surface area contributed by atoms with Gasteiger partial charge in [0.25, 0.3) is 0 Å². The van der Waals surface area contributed by atoms with Gasteiger partial charge in [-0.15, -0.1) is 0 Å². The first kappa shape index (κ1) is 27.7. The van der Waals surface area contributed by atoms with Crippen molar-refractivity contribution in [3.8, 4) is 11.1 Å². The Labute approximate surface area is 230 Å². The van der Waals surface area contributed by atoms with Crippen molar-refractivity contribution in [3.05, 3.63) is 58.1 Å². The van der Waals surface area contributed by atoms with Crippen LogP contribution in [0.25, 0.3) is 11.1 Å². The summed E-state index contributed by atoms with van der Waals surface area (Å²) in [6, 6.07) is 14.1. The Morgan fingerprint density at radius 2 is 1.57 bits per heavy atom. The highest BCUT2D eigenvalue weighted by atomic mass is 35.5. The second kappa shape index (κ2) is 11.6. The lowest BCUT2D eigenvalue weighted by Gasteiger charge is -2.48. The summed E-state index contributed by atoms with van der Waals surface area (Å²) in [7, 11) is 0. The third kappa shape index (κ3) is 6.98. The van der Waals surface area contributed by atoms with E-state index in [2.05, 4.69) is 54.8 Å². The van der Waals surface area contributed by atoms with E-state index in [4.69, 9.17) is 28.9 Å².